The van der Waals surface area contributed by atoms with Crippen LogP contribution in [0.4, 0.5) is 0 Å². The van der Waals surface area contributed by atoms with Gasteiger partial charge in [-0.3, -0.25) is 0 Å². The second-order valence-electron chi connectivity index (χ2n) is 3.53. The van der Waals surface area contributed by atoms with E-state index in [1.54, 1.807) is 0 Å². The van der Waals surface area contributed by atoms with Crippen molar-refractivity contribution in [2.24, 2.45) is 0 Å². The molecular formula is C12H10O2. The zero-order valence-corrected chi connectivity index (χ0v) is 7.66. The molecule has 0 unspecified atom stereocenters. The lowest BCUT2D eigenvalue weighted by Crippen LogP contribution is -1.86. The molecule has 3 rings (SSSR count). The number of benzene rings is 2. The zero-order valence-electron chi connectivity index (χ0n) is 7.66. The summed E-state index contributed by atoms with van der Waals surface area (Å²) in [7, 11) is 0. The fourth-order valence-electron chi connectivity index (χ4n) is 2.00. The number of hydrogen-bond donors (Lipinski definition) is 1. The van der Waals surface area contributed by atoms with Crippen molar-refractivity contribution in [3.63, 3.8) is 0 Å². The van der Waals surface area contributed by atoms with Crippen molar-refractivity contribution in [3.8, 4) is 11.5 Å². The van der Waals surface area contributed by atoms with Gasteiger partial charge in [0.15, 0.2) is 0 Å². The van der Waals surface area contributed by atoms with Crippen molar-refractivity contribution in [1.82, 2.24) is 0 Å². The summed E-state index contributed by atoms with van der Waals surface area (Å²) in [5.41, 5.74) is 1.11. The standard InChI is InChI=1S/C12H10O2/c13-11-7-8-5-6-14-12(8)10-4-2-1-3-9(10)11/h1-4,7,13H,5-6H2. The molecule has 1 aliphatic rings. The van der Waals surface area contributed by atoms with Gasteiger partial charge in [0.25, 0.3) is 0 Å². The minimum atomic E-state index is 0.352. The largest absolute Gasteiger partial charge is 0.507 e. The topological polar surface area (TPSA) is 29.5 Å². The Labute approximate surface area is 81.7 Å². The molecule has 2 aromatic carbocycles. The maximum Gasteiger partial charge on any atom is 0.130 e. The van der Waals surface area contributed by atoms with E-state index in [-0.39, 0.29) is 0 Å². The van der Waals surface area contributed by atoms with Crippen molar-refractivity contribution in [3.05, 3.63) is 35.9 Å². The molecule has 2 nitrogen and oxygen atoms in total. The summed E-state index contributed by atoms with van der Waals surface area (Å²) in [5, 5.41) is 11.7. The van der Waals surface area contributed by atoms with E-state index in [0.29, 0.717) is 5.75 Å². The van der Waals surface area contributed by atoms with Crippen molar-refractivity contribution in [1.29, 1.82) is 0 Å². The maximum absolute atomic E-state index is 9.78. The van der Waals surface area contributed by atoms with Crippen LogP contribution in [-0.2, 0) is 6.42 Å². The fraction of sp³-hybridized carbons (Fsp3) is 0.167. The molecule has 1 aliphatic heterocycles. The quantitative estimate of drug-likeness (QED) is 0.684. The fourth-order valence-corrected chi connectivity index (χ4v) is 2.00. The first-order chi connectivity index (χ1) is 6.86. The van der Waals surface area contributed by atoms with Crippen LogP contribution in [0.5, 0.6) is 11.5 Å². The van der Waals surface area contributed by atoms with Gasteiger partial charge < -0.3 is 9.84 Å². The second-order valence-corrected chi connectivity index (χ2v) is 3.53. The monoisotopic (exact) mass is 186 g/mol. The van der Waals surface area contributed by atoms with E-state index >= 15 is 0 Å². The predicted molar refractivity (Wildman–Crippen MR) is 54.8 cm³/mol. The molecule has 2 aromatic rings. The Morgan fingerprint density at radius 2 is 1.93 bits per heavy atom. The summed E-state index contributed by atoms with van der Waals surface area (Å²) in [6.07, 6.45) is 0.897. The van der Waals surface area contributed by atoms with E-state index in [0.717, 1.165) is 35.1 Å². The summed E-state index contributed by atoms with van der Waals surface area (Å²) in [5.74, 6) is 1.29. The zero-order chi connectivity index (χ0) is 9.54. The smallest absolute Gasteiger partial charge is 0.130 e. The van der Waals surface area contributed by atoms with Crippen LogP contribution in [0.1, 0.15) is 5.56 Å². The lowest BCUT2D eigenvalue weighted by atomic mass is 10.0. The number of fused-ring (bicyclic) bond motifs is 3. The van der Waals surface area contributed by atoms with Gasteiger partial charge in [-0.2, -0.15) is 0 Å². The highest BCUT2D eigenvalue weighted by Crippen LogP contribution is 2.38. The van der Waals surface area contributed by atoms with E-state index in [4.69, 9.17) is 4.74 Å². The Balaban J connectivity index is 2.47. The minimum absolute atomic E-state index is 0.352. The molecule has 2 heteroatoms. The third kappa shape index (κ3) is 0.909. The molecular weight excluding hydrogens is 176 g/mol. The SMILES string of the molecule is Oc1cc2c(c3ccccc13)OCC2. The Morgan fingerprint density at radius 3 is 2.79 bits per heavy atom. The average Bonchev–Trinajstić information content (AvgIpc) is 2.66. The van der Waals surface area contributed by atoms with Crippen molar-refractivity contribution >= 4 is 10.8 Å². The van der Waals surface area contributed by atoms with Gasteiger partial charge in [0, 0.05) is 22.8 Å². The van der Waals surface area contributed by atoms with E-state index < -0.39 is 0 Å². The molecule has 0 saturated heterocycles. The van der Waals surface area contributed by atoms with E-state index in [1.165, 1.54) is 0 Å². The van der Waals surface area contributed by atoms with Crippen LogP contribution in [0.3, 0.4) is 0 Å². The molecule has 0 saturated carbocycles. The van der Waals surface area contributed by atoms with Crippen molar-refractivity contribution in [2.45, 2.75) is 6.42 Å². The van der Waals surface area contributed by atoms with Crippen LogP contribution in [0.2, 0.25) is 0 Å². The Bertz CT molecular complexity index is 503. The number of phenols is 1. The number of phenolic OH excluding ortho intramolecular Hbond substituents is 1. The van der Waals surface area contributed by atoms with Crippen molar-refractivity contribution in [2.75, 3.05) is 6.61 Å². The van der Waals surface area contributed by atoms with Crippen LogP contribution < -0.4 is 4.74 Å². The maximum atomic E-state index is 9.78. The molecule has 1 N–H and O–H groups in total. The van der Waals surface area contributed by atoms with Crippen LogP contribution >= 0.6 is 0 Å². The molecule has 0 bridgehead atoms. The van der Waals surface area contributed by atoms with Crippen LogP contribution in [-0.4, -0.2) is 11.7 Å². The highest BCUT2D eigenvalue weighted by atomic mass is 16.5. The number of hydrogen-bond acceptors (Lipinski definition) is 2. The molecule has 0 aliphatic carbocycles. The molecule has 0 fully saturated rings. The molecule has 0 spiro atoms. The number of rotatable bonds is 0. The molecule has 1 heterocycles. The highest BCUT2D eigenvalue weighted by Gasteiger charge is 2.17. The molecule has 70 valence electrons. The summed E-state index contributed by atoms with van der Waals surface area (Å²) in [4.78, 5) is 0. The van der Waals surface area contributed by atoms with Gasteiger partial charge in [0.2, 0.25) is 0 Å². The minimum Gasteiger partial charge on any atom is -0.507 e. The predicted octanol–water partition coefficient (Wildman–Crippen LogP) is 2.48. The van der Waals surface area contributed by atoms with Gasteiger partial charge in [-0.1, -0.05) is 24.3 Å². The lowest BCUT2D eigenvalue weighted by Gasteiger charge is -2.06. The van der Waals surface area contributed by atoms with Crippen LogP contribution in [0.15, 0.2) is 30.3 Å². The normalized spacial score (nSPS) is 14.0. The highest BCUT2D eigenvalue weighted by molar-refractivity contribution is 5.94. The van der Waals surface area contributed by atoms with Crippen LogP contribution in [0.25, 0.3) is 10.8 Å². The summed E-state index contributed by atoms with van der Waals surface area (Å²) in [6, 6.07) is 9.59. The molecule has 0 radical (unpaired) electrons. The third-order valence-electron chi connectivity index (χ3n) is 2.67. The number of ether oxygens (including phenoxy) is 1. The van der Waals surface area contributed by atoms with E-state index in [9.17, 15) is 5.11 Å². The van der Waals surface area contributed by atoms with Crippen molar-refractivity contribution < 1.29 is 9.84 Å². The van der Waals surface area contributed by atoms with E-state index in [2.05, 4.69) is 0 Å². The Morgan fingerprint density at radius 1 is 1.14 bits per heavy atom. The van der Waals surface area contributed by atoms with Gasteiger partial charge in [-0.25, -0.2) is 0 Å². The summed E-state index contributed by atoms with van der Waals surface area (Å²) >= 11 is 0. The summed E-state index contributed by atoms with van der Waals surface area (Å²) < 4.78 is 5.56. The number of aromatic hydroxyl groups is 1. The molecule has 14 heavy (non-hydrogen) atoms. The third-order valence-corrected chi connectivity index (χ3v) is 2.67. The second kappa shape index (κ2) is 2.64. The molecule has 0 amide bonds. The molecule has 0 atom stereocenters. The Hall–Kier alpha value is -1.70. The first-order valence-corrected chi connectivity index (χ1v) is 4.72. The Kier molecular flexibility index (Phi) is 1.45. The van der Waals surface area contributed by atoms with Gasteiger partial charge in [0.05, 0.1) is 6.61 Å². The van der Waals surface area contributed by atoms with Gasteiger partial charge >= 0.3 is 0 Å². The average molecular weight is 186 g/mol. The van der Waals surface area contributed by atoms with Gasteiger partial charge in [-0.05, 0) is 6.07 Å². The first kappa shape index (κ1) is 7.68. The lowest BCUT2D eigenvalue weighted by molar-refractivity contribution is 0.360. The summed E-state index contributed by atoms with van der Waals surface area (Å²) in [6.45, 7) is 0.725. The first-order valence-electron chi connectivity index (χ1n) is 4.72. The van der Waals surface area contributed by atoms with Gasteiger partial charge in [0.1, 0.15) is 11.5 Å². The van der Waals surface area contributed by atoms with Gasteiger partial charge in [-0.15, -0.1) is 0 Å². The van der Waals surface area contributed by atoms with Crippen LogP contribution in [0, 0.1) is 0 Å². The molecule has 0 aromatic heterocycles. The van der Waals surface area contributed by atoms with E-state index in [1.807, 2.05) is 30.3 Å².